The third-order valence-corrected chi connectivity index (χ3v) is 3.87. The van der Waals surface area contributed by atoms with Crippen LogP contribution in [0.15, 0.2) is 0 Å². The van der Waals surface area contributed by atoms with Gasteiger partial charge < -0.3 is 20.7 Å². The van der Waals surface area contributed by atoms with Crippen LogP contribution in [-0.2, 0) is 4.79 Å². The zero-order chi connectivity index (χ0) is 14.3. The molecule has 0 spiro atoms. The molecule has 19 heavy (non-hydrogen) atoms. The maximum atomic E-state index is 11.1. The number of carbonyl (C=O) groups excluding carboxylic acids is 1. The summed E-state index contributed by atoms with van der Waals surface area (Å²) in [7, 11) is -1.20. The third-order valence-electron chi connectivity index (χ3n) is 3.87. The van der Waals surface area contributed by atoms with Crippen molar-refractivity contribution in [1.82, 2.24) is 4.90 Å². The summed E-state index contributed by atoms with van der Waals surface area (Å²) in [5, 5.41) is 17.5. The SMILES string of the molecule is CC(N)(CCCCB(O)O)CCN1CCC(=O)CC1. The molecule has 1 aliphatic rings. The van der Waals surface area contributed by atoms with Gasteiger partial charge in [0.2, 0.25) is 0 Å². The largest absolute Gasteiger partial charge is 0.451 e. The summed E-state index contributed by atoms with van der Waals surface area (Å²) in [5.41, 5.74) is 6.05. The van der Waals surface area contributed by atoms with E-state index in [1.807, 2.05) is 0 Å². The van der Waals surface area contributed by atoms with Crippen LogP contribution in [0.3, 0.4) is 0 Å². The summed E-state index contributed by atoms with van der Waals surface area (Å²) < 4.78 is 0. The Kier molecular flexibility index (Phi) is 7.00. The van der Waals surface area contributed by atoms with Gasteiger partial charge in [0, 0.05) is 31.5 Å². The monoisotopic (exact) mass is 270 g/mol. The van der Waals surface area contributed by atoms with Gasteiger partial charge in [-0.3, -0.25) is 4.79 Å². The van der Waals surface area contributed by atoms with E-state index in [1.165, 1.54) is 0 Å². The molecule has 1 unspecified atom stereocenters. The molecule has 1 rings (SSSR count). The summed E-state index contributed by atoms with van der Waals surface area (Å²) in [6, 6.07) is 0. The number of nitrogens with zero attached hydrogens (tertiary/aromatic N) is 1. The van der Waals surface area contributed by atoms with Crippen LogP contribution in [-0.4, -0.2) is 53.0 Å². The highest BCUT2D eigenvalue weighted by atomic mass is 16.4. The Balaban J connectivity index is 2.13. The molecule has 1 fully saturated rings. The van der Waals surface area contributed by atoms with Gasteiger partial charge >= 0.3 is 7.12 Å². The molecule has 0 aromatic rings. The fraction of sp³-hybridized carbons (Fsp3) is 0.923. The minimum atomic E-state index is -1.20. The number of hydrogen-bond acceptors (Lipinski definition) is 5. The van der Waals surface area contributed by atoms with E-state index in [-0.39, 0.29) is 5.54 Å². The second-order valence-corrected chi connectivity index (χ2v) is 6.01. The van der Waals surface area contributed by atoms with Crippen LogP contribution >= 0.6 is 0 Å². The van der Waals surface area contributed by atoms with Crippen molar-refractivity contribution in [1.29, 1.82) is 0 Å². The maximum Gasteiger partial charge on any atom is 0.451 e. The number of Topliss-reactive ketones (excluding diaryl/α,β-unsaturated/α-hetero) is 1. The van der Waals surface area contributed by atoms with Crippen LogP contribution < -0.4 is 5.73 Å². The van der Waals surface area contributed by atoms with Gasteiger partial charge in [-0.1, -0.05) is 12.8 Å². The van der Waals surface area contributed by atoms with E-state index in [0.29, 0.717) is 24.9 Å². The van der Waals surface area contributed by atoms with E-state index in [4.69, 9.17) is 15.8 Å². The van der Waals surface area contributed by atoms with Gasteiger partial charge in [0.1, 0.15) is 5.78 Å². The van der Waals surface area contributed by atoms with E-state index in [0.717, 1.165) is 45.3 Å². The van der Waals surface area contributed by atoms with Gasteiger partial charge in [-0.15, -0.1) is 0 Å². The van der Waals surface area contributed by atoms with Crippen molar-refractivity contribution in [2.24, 2.45) is 5.73 Å². The van der Waals surface area contributed by atoms with E-state index in [1.54, 1.807) is 0 Å². The molecular weight excluding hydrogens is 243 g/mol. The van der Waals surface area contributed by atoms with Crippen molar-refractivity contribution in [3.63, 3.8) is 0 Å². The lowest BCUT2D eigenvalue weighted by Gasteiger charge is -2.31. The summed E-state index contributed by atoms with van der Waals surface area (Å²) >= 11 is 0. The quantitative estimate of drug-likeness (QED) is 0.439. The number of likely N-dealkylation sites (tertiary alicyclic amines) is 1. The molecule has 1 atom stereocenters. The molecule has 0 bridgehead atoms. The molecule has 1 saturated heterocycles. The molecule has 4 N–H and O–H groups in total. The topological polar surface area (TPSA) is 86.8 Å². The molecular formula is C13H27BN2O3. The fourth-order valence-electron chi connectivity index (χ4n) is 2.42. The van der Waals surface area contributed by atoms with Gasteiger partial charge in [0.15, 0.2) is 0 Å². The van der Waals surface area contributed by atoms with Crippen molar-refractivity contribution >= 4 is 12.9 Å². The Labute approximate surface area is 116 Å². The number of ketones is 1. The van der Waals surface area contributed by atoms with Gasteiger partial charge in [-0.05, 0) is 32.6 Å². The van der Waals surface area contributed by atoms with Gasteiger partial charge in [-0.25, -0.2) is 0 Å². The van der Waals surface area contributed by atoms with Crippen LogP contribution in [0.2, 0.25) is 6.32 Å². The molecule has 0 aromatic heterocycles. The zero-order valence-electron chi connectivity index (χ0n) is 12.0. The first kappa shape index (κ1) is 16.6. The standard InChI is InChI=1S/C13H27BN2O3/c1-13(15,6-2-3-8-14(18)19)7-11-16-9-4-12(17)5-10-16/h18-19H,2-11,15H2,1H3. The molecule has 1 aliphatic heterocycles. The van der Waals surface area contributed by atoms with Crippen LogP contribution in [0.1, 0.15) is 45.4 Å². The highest BCUT2D eigenvalue weighted by Crippen LogP contribution is 2.18. The predicted octanol–water partition coefficient (Wildman–Crippen LogP) is 0.402. The molecule has 0 amide bonds. The smallest absolute Gasteiger partial charge is 0.427 e. The molecule has 0 radical (unpaired) electrons. The molecule has 1 heterocycles. The lowest BCUT2D eigenvalue weighted by atomic mass is 9.82. The van der Waals surface area contributed by atoms with Crippen molar-refractivity contribution in [2.75, 3.05) is 19.6 Å². The second-order valence-electron chi connectivity index (χ2n) is 6.01. The van der Waals surface area contributed by atoms with E-state index < -0.39 is 7.12 Å². The molecule has 6 heteroatoms. The lowest BCUT2D eigenvalue weighted by molar-refractivity contribution is -0.121. The summed E-state index contributed by atoms with van der Waals surface area (Å²) in [6.45, 7) is 4.73. The Morgan fingerprint density at radius 1 is 1.26 bits per heavy atom. The maximum absolute atomic E-state index is 11.1. The fourth-order valence-corrected chi connectivity index (χ4v) is 2.42. The normalized spacial score (nSPS) is 20.3. The van der Waals surface area contributed by atoms with Gasteiger partial charge in [0.05, 0.1) is 0 Å². The number of hydrogen-bond donors (Lipinski definition) is 3. The molecule has 0 aliphatic carbocycles. The van der Waals surface area contributed by atoms with E-state index >= 15 is 0 Å². The van der Waals surface area contributed by atoms with Crippen molar-refractivity contribution < 1.29 is 14.8 Å². The minimum absolute atomic E-state index is 0.206. The number of rotatable bonds is 8. The average molecular weight is 270 g/mol. The van der Waals surface area contributed by atoms with Crippen LogP contribution in [0.4, 0.5) is 0 Å². The van der Waals surface area contributed by atoms with Gasteiger partial charge in [-0.2, -0.15) is 0 Å². The minimum Gasteiger partial charge on any atom is -0.427 e. The number of carbonyl (C=O) groups is 1. The first-order chi connectivity index (χ1) is 8.89. The van der Waals surface area contributed by atoms with Gasteiger partial charge in [0.25, 0.3) is 0 Å². The third kappa shape index (κ3) is 7.67. The van der Waals surface area contributed by atoms with Crippen LogP contribution in [0, 0.1) is 0 Å². The van der Waals surface area contributed by atoms with Crippen LogP contribution in [0.25, 0.3) is 0 Å². The summed E-state index contributed by atoms with van der Waals surface area (Å²) in [5.74, 6) is 0.370. The van der Waals surface area contributed by atoms with Crippen molar-refractivity contribution in [2.45, 2.75) is 57.3 Å². The average Bonchev–Trinajstić information content (AvgIpc) is 2.34. The molecule has 110 valence electrons. The Morgan fingerprint density at radius 2 is 1.89 bits per heavy atom. The lowest BCUT2D eigenvalue weighted by Crippen LogP contribution is -2.42. The van der Waals surface area contributed by atoms with E-state index in [9.17, 15) is 4.79 Å². The second kappa shape index (κ2) is 7.99. The molecule has 0 aromatic carbocycles. The first-order valence-corrected chi connectivity index (χ1v) is 7.28. The number of piperidine rings is 1. The summed E-state index contributed by atoms with van der Waals surface area (Å²) in [6.07, 6.45) is 5.30. The molecule has 0 saturated carbocycles. The number of nitrogens with two attached hydrogens (primary N) is 1. The predicted molar refractivity (Wildman–Crippen MR) is 76.7 cm³/mol. The molecule has 5 nitrogen and oxygen atoms in total. The Morgan fingerprint density at radius 3 is 2.47 bits per heavy atom. The van der Waals surface area contributed by atoms with Crippen molar-refractivity contribution in [3.05, 3.63) is 0 Å². The van der Waals surface area contributed by atoms with Crippen LogP contribution in [0.5, 0.6) is 0 Å². The highest BCUT2D eigenvalue weighted by Gasteiger charge is 2.22. The van der Waals surface area contributed by atoms with Crippen molar-refractivity contribution in [3.8, 4) is 0 Å². The number of unbranched alkanes of at least 4 members (excludes halogenated alkanes) is 1. The Bertz CT molecular complexity index is 275. The zero-order valence-corrected chi connectivity index (χ0v) is 12.0. The first-order valence-electron chi connectivity index (χ1n) is 7.28. The van der Waals surface area contributed by atoms with E-state index in [2.05, 4.69) is 11.8 Å². The highest BCUT2D eigenvalue weighted by molar-refractivity contribution is 6.40. The summed E-state index contributed by atoms with van der Waals surface area (Å²) in [4.78, 5) is 13.5. The Hall–Kier alpha value is -0.425.